The predicted octanol–water partition coefficient (Wildman–Crippen LogP) is 4.35. The normalized spacial score (nSPS) is 42.5. The van der Waals surface area contributed by atoms with Crippen LogP contribution in [0.4, 0.5) is 0 Å². The van der Waals surface area contributed by atoms with Crippen molar-refractivity contribution in [1.29, 1.82) is 0 Å². The van der Waals surface area contributed by atoms with Crippen LogP contribution in [0.1, 0.15) is 77.6 Å². The van der Waals surface area contributed by atoms with Gasteiger partial charge in [-0.15, -0.1) is 0 Å². The fraction of sp³-hybridized carbons (Fsp3) is 0.929. The second-order valence-corrected chi connectivity index (χ2v) is 13.2. The Bertz CT molecular complexity index is 758. The molecule has 8 atom stereocenters. The van der Waals surface area contributed by atoms with E-state index in [1.807, 2.05) is 11.9 Å². The number of ether oxygens (including phenoxy) is 2. The highest BCUT2D eigenvalue weighted by Crippen LogP contribution is 2.50. The van der Waals surface area contributed by atoms with Crippen LogP contribution in [-0.2, 0) is 9.47 Å². The third-order valence-electron chi connectivity index (χ3n) is 10.1. The summed E-state index contributed by atoms with van der Waals surface area (Å²) in [6, 6.07) is 0. The molecule has 3 heterocycles. The molecule has 0 aromatic rings. The number of hydrogen-bond acceptors (Lipinski definition) is 7. The largest absolute Gasteiger partial charge is 0.469 e. The van der Waals surface area contributed by atoms with E-state index >= 15 is 0 Å². The van der Waals surface area contributed by atoms with Crippen LogP contribution in [0.2, 0.25) is 0 Å². The predicted molar refractivity (Wildman–Crippen MR) is 141 cm³/mol. The quantitative estimate of drug-likeness (QED) is 0.394. The Morgan fingerprint density at radius 3 is 2.71 bits per heavy atom. The van der Waals surface area contributed by atoms with Crippen molar-refractivity contribution in [1.82, 2.24) is 14.5 Å². The number of fused-ring (bicyclic) bond motifs is 3. The Kier molecular flexibility index (Phi) is 8.00. The van der Waals surface area contributed by atoms with E-state index < -0.39 is 6.29 Å². The molecule has 6 aliphatic rings. The monoisotopic (exact) mass is 505 g/mol. The molecule has 198 valence electrons. The lowest BCUT2D eigenvalue weighted by atomic mass is 9.76. The van der Waals surface area contributed by atoms with Gasteiger partial charge in [0.05, 0.1) is 12.3 Å². The Morgan fingerprint density at radius 1 is 1.00 bits per heavy atom. The van der Waals surface area contributed by atoms with Gasteiger partial charge in [-0.05, 0) is 69.4 Å². The molecule has 2 saturated carbocycles. The average molecular weight is 506 g/mol. The molecule has 0 aromatic carbocycles. The number of hydrogen-bond donors (Lipinski definition) is 2. The lowest BCUT2D eigenvalue weighted by molar-refractivity contribution is -0.144. The molecule has 4 unspecified atom stereocenters. The maximum absolute atomic E-state index is 10.5. The van der Waals surface area contributed by atoms with Crippen molar-refractivity contribution in [2.24, 2.45) is 23.7 Å². The van der Waals surface area contributed by atoms with Crippen molar-refractivity contribution in [3.05, 3.63) is 11.3 Å². The van der Waals surface area contributed by atoms with Crippen LogP contribution in [0, 0.1) is 23.7 Å². The standard InChI is InChI=1S/C28H47N3O3S/c1-19-24(12-11-21-20-8-6-9-22(20)28(32)34-26(19)21)33-18-5-4-13-30-14-16-31(17-15-30)27-23-7-2-3-10-25(23)35-29-27/h19-20,22-25,27-29,32H,2-18H2,1H3/t19-,20+,22?,23-,24?,25?,27?,28-/m1/s1. The Labute approximate surface area is 216 Å². The van der Waals surface area contributed by atoms with Gasteiger partial charge >= 0.3 is 0 Å². The molecule has 2 N–H and O–H groups in total. The molecule has 0 radical (unpaired) electrons. The third-order valence-corrected chi connectivity index (χ3v) is 11.4. The van der Waals surface area contributed by atoms with Crippen LogP contribution >= 0.6 is 11.9 Å². The number of nitrogens with zero attached hydrogens (tertiary/aromatic N) is 2. The van der Waals surface area contributed by atoms with Gasteiger partial charge in [-0.1, -0.05) is 38.1 Å². The summed E-state index contributed by atoms with van der Waals surface area (Å²) in [5, 5.41) is 11.4. The SMILES string of the molecule is C[C@H]1C2=C(CCC1OCCCCN1CCN(C3NSC4CCCC[C@H]43)CC1)[C@@H]1CCCC1[C@H](O)O2. The first kappa shape index (κ1) is 25.0. The molecule has 6 nitrogen and oxygen atoms in total. The lowest BCUT2D eigenvalue weighted by Gasteiger charge is -2.42. The fourth-order valence-electron chi connectivity index (χ4n) is 8.05. The van der Waals surface area contributed by atoms with Crippen LogP contribution in [0.5, 0.6) is 0 Å². The summed E-state index contributed by atoms with van der Waals surface area (Å²) in [5.41, 5.74) is 1.51. The van der Waals surface area contributed by atoms with E-state index in [4.69, 9.17) is 9.47 Å². The van der Waals surface area contributed by atoms with E-state index in [2.05, 4.69) is 21.4 Å². The van der Waals surface area contributed by atoms with Gasteiger partial charge in [0.25, 0.3) is 0 Å². The van der Waals surface area contributed by atoms with Crippen molar-refractivity contribution in [2.45, 2.75) is 101 Å². The maximum atomic E-state index is 10.5. The second kappa shape index (κ2) is 11.2. The van der Waals surface area contributed by atoms with Crippen molar-refractivity contribution < 1.29 is 14.6 Å². The lowest BCUT2D eigenvalue weighted by Crippen LogP contribution is -2.55. The van der Waals surface area contributed by atoms with E-state index in [1.54, 1.807) is 0 Å². The first-order valence-corrected chi connectivity index (χ1v) is 15.6. The number of nitrogens with one attached hydrogen (secondary N) is 1. The van der Waals surface area contributed by atoms with Gasteiger partial charge in [-0.2, -0.15) is 0 Å². The second-order valence-electron chi connectivity index (χ2n) is 12.1. The number of unbranched alkanes of at least 4 members (excludes halogenated alkanes) is 1. The van der Waals surface area contributed by atoms with Gasteiger partial charge in [0, 0.05) is 55.8 Å². The molecule has 2 saturated heterocycles. The van der Waals surface area contributed by atoms with Crippen LogP contribution in [0.15, 0.2) is 11.3 Å². The topological polar surface area (TPSA) is 57.2 Å². The van der Waals surface area contributed by atoms with Gasteiger partial charge in [0.2, 0.25) is 0 Å². The fourth-order valence-corrected chi connectivity index (χ4v) is 9.43. The van der Waals surface area contributed by atoms with E-state index in [-0.39, 0.29) is 12.0 Å². The average Bonchev–Trinajstić information content (AvgIpc) is 3.54. The van der Waals surface area contributed by atoms with Crippen molar-refractivity contribution >= 4 is 11.9 Å². The molecule has 3 aliphatic heterocycles. The summed E-state index contributed by atoms with van der Waals surface area (Å²) < 4.78 is 16.2. The molecule has 0 spiro atoms. The van der Waals surface area contributed by atoms with Crippen molar-refractivity contribution in [3.8, 4) is 0 Å². The summed E-state index contributed by atoms with van der Waals surface area (Å²) in [7, 11) is 0. The number of allylic oxidation sites excluding steroid dienone is 1. The molecule has 3 aliphatic carbocycles. The van der Waals surface area contributed by atoms with Crippen molar-refractivity contribution in [3.63, 3.8) is 0 Å². The summed E-state index contributed by atoms with van der Waals surface area (Å²) >= 11 is 2.03. The molecular weight excluding hydrogens is 458 g/mol. The van der Waals surface area contributed by atoms with Crippen LogP contribution in [-0.4, -0.2) is 78.0 Å². The van der Waals surface area contributed by atoms with Crippen molar-refractivity contribution in [2.75, 3.05) is 39.3 Å². The highest BCUT2D eigenvalue weighted by Gasteiger charge is 2.46. The molecule has 4 fully saturated rings. The zero-order valence-corrected chi connectivity index (χ0v) is 22.5. The zero-order valence-electron chi connectivity index (χ0n) is 21.7. The van der Waals surface area contributed by atoms with Gasteiger partial charge < -0.3 is 19.5 Å². The molecule has 0 amide bonds. The molecule has 6 rings (SSSR count). The van der Waals surface area contributed by atoms with Gasteiger partial charge in [0.1, 0.15) is 5.76 Å². The zero-order chi connectivity index (χ0) is 23.8. The van der Waals surface area contributed by atoms with E-state index in [0.717, 1.165) is 49.2 Å². The summed E-state index contributed by atoms with van der Waals surface area (Å²) in [5.74, 6) is 3.11. The van der Waals surface area contributed by atoms with Gasteiger partial charge in [0.15, 0.2) is 6.29 Å². The number of piperazine rings is 1. The molecule has 0 aromatic heterocycles. The van der Waals surface area contributed by atoms with E-state index in [9.17, 15) is 5.11 Å². The van der Waals surface area contributed by atoms with Gasteiger partial charge in [-0.3, -0.25) is 4.90 Å². The maximum Gasteiger partial charge on any atom is 0.200 e. The highest BCUT2D eigenvalue weighted by atomic mass is 32.2. The Balaban J connectivity index is 0.890. The Morgan fingerprint density at radius 2 is 1.83 bits per heavy atom. The number of aliphatic hydroxyl groups is 1. The minimum atomic E-state index is -0.602. The summed E-state index contributed by atoms with van der Waals surface area (Å²) in [4.78, 5) is 5.39. The smallest absolute Gasteiger partial charge is 0.200 e. The molecule has 35 heavy (non-hydrogen) atoms. The highest BCUT2D eigenvalue weighted by molar-refractivity contribution is 7.98. The minimum absolute atomic E-state index is 0.239. The minimum Gasteiger partial charge on any atom is -0.469 e. The number of rotatable bonds is 7. The van der Waals surface area contributed by atoms with E-state index in [1.165, 1.54) is 83.2 Å². The van der Waals surface area contributed by atoms with Crippen LogP contribution in [0.25, 0.3) is 0 Å². The van der Waals surface area contributed by atoms with Gasteiger partial charge in [-0.25, -0.2) is 4.72 Å². The first-order valence-electron chi connectivity index (χ1n) is 14.8. The first-order chi connectivity index (χ1) is 17.2. The third kappa shape index (κ3) is 5.20. The molecule has 0 bridgehead atoms. The Hall–Kier alpha value is -0.310. The molecular formula is C28H47N3O3S. The summed E-state index contributed by atoms with van der Waals surface area (Å²) in [6.07, 6.45) is 14.1. The molecule has 7 heteroatoms. The summed E-state index contributed by atoms with van der Waals surface area (Å²) in [6.45, 7) is 9.13. The van der Waals surface area contributed by atoms with Crippen LogP contribution < -0.4 is 4.72 Å². The van der Waals surface area contributed by atoms with Crippen LogP contribution in [0.3, 0.4) is 0 Å². The number of aliphatic hydroxyl groups excluding tert-OH is 1. The van der Waals surface area contributed by atoms with E-state index in [0.29, 0.717) is 18.0 Å².